The van der Waals surface area contributed by atoms with E-state index in [0.717, 1.165) is 12.8 Å². The number of anilines is 2. The van der Waals surface area contributed by atoms with E-state index in [9.17, 15) is 18.8 Å². The van der Waals surface area contributed by atoms with E-state index in [4.69, 9.17) is 9.84 Å². The normalized spacial score (nSPS) is 18.6. The molecular formula is C21H30FN5O5. The highest BCUT2D eigenvalue weighted by Crippen LogP contribution is 2.28. The van der Waals surface area contributed by atoms with E-state index in [1.54, 1.807) is 24.1 Å². The number of urea groups is 1. The van der Waals surface area contributed by atoms with Gasteiger partial charge in [-0.25, -0.2) is 14.0 Å². The Labute approximate surface area is 186 Å². The molecule has 11 heteroatoms. The molecule has 3 amide bonds. The predicted molar refractivity (Wildman–Crippen MR) is 116 cm³/mol. The van der Waals surface area contributed by atoms with Gasteiger partial charge in [0.15, 0.2) is 6.23 Å². The lowest BCUT2D eigenvalue weighted by atomic mass is 10.2. The molecule has 1 aromatic carbocycles. The molecule has 176 valence electrons. The minimum atomic E-state index is -0.807. The highest BCUT2D eigenvalue weighted by molar-refractivity contribution is 5.90. The van der Waals surface area contributed by atoms with Crippen LogP contribution in [0.1, 0.15) is 25.7 Å². The summed E-state index contributed by atoms with van der Waals surface area (Å²) in [5.41, 5.74) is 0.875. The van der Waals surface area contributed by atoms with Crippen LogP contribution < -0.4 is 20.4 Å². The minimum absolute atomic E-state index is 0.145. The fourth-order valence-corrected chi connectivity index (χ4v) is 3.78. The second-order valence-corrected chi connectivity index (χ2v) is 7.82. The number of aliphatic carboxylic acids is 1. The number of carbonyl (C=O) groups excluding carboxylic acids is 2. The van der Waals surface area contributed by atoms with Gasteiger partial charge in [0.05, 0.1) is 17.9 Å². The summed E-state index contributed by atoms with van der Waals surface area (Å²) in [5, 5.41) is 14.3. The van der Waals surface area contributed by atoms with Gasteiger partial charge in [0, 0.05) is 39.1 Å². The number of ether oxygens (including phenoxy) is 1. The van der Waals surface area contributed by atoms with Crippen LogP contribution in [0.5, 0.6) is 0 Å². The summed E-state index contributed by atoms with van der Waals surface area (Å²) in [7, 11) is 1.69. The summed E-state index contributed by atoms with van der Waals surface area (Å²) in [6.45, 7) is 2.73. The summed E-state index contributed by atoms with van der Waals surface area (Å²) in [6, 6.07) is 4.52. The van der Waals surface area contributed by atoms with Crippen LogP contribution in [0.3, 0.4) is 0 Å². The summed E-state index contributed by atoms with van der Waals surface area (Å²) in [4.78, 5) is 39.7. The Balaban J connectivity index is 1.45. The van der Waals surface area contributed by atoms with E-state index in [0.29, 0.717) is 57.1 Å². The van der Waals surface area contributed by atoms with Crippen molar-refractivity contribution in [3.8, 4) is 0 Å². The van der Waals surface area contributed by atoms with Gasteiger partial charge < -0.3 is 25.0 Å². The molecule has 1 aromatic rings. The highest BCUT2D eigenvalue weighted by atomic mass is 19.1. The van der Waals surface area contributed by atoms with Gasteiger partial charge in [-0.1, -0.05) is 6.42 Å². The molecule has 2 fully saturated rings. The van der Waals surface area contributed by atoms with Crippen molar-refractivity contribution >= 4 is 29.5 Å². The third kappa shape index (κ3) is 6.00. The summed E-state index contributed by atoms with van der Waals surface area (Å²) >= 11 is 0. The number of piperazine rings is 1. The Morgan fingerprint density at radius 2 is 1.94 bits per heavy atom. The van der Waals surface area contributed by atoms with Crippen molar-refractivity contribution in [1.29, 1.82) is 0 Å². The maximum absolute atomic E-state index is 14.8. The molecule has 1 atom stereocenters. The lowest BCUT2D eigenvalue weighted by Crippen LogP contribution is -2.52. The molecule has 0 aliphatic carbocycles. The quantitative estimate of drug-likeness (QED) is 0.491. The number of carboxylic acids is 1. The molecule has 0 radical (unpaired) electrons. The maximum Gasteiger partial charge on any atom is 0.416 e. The first-order valence-corrected chi connectivity index (χ1v) is 10.8. The van der Waals surface area contributed by atoms with E-state index in [1.807, 2.05) is 4.90 Å². The smallest absolute Gasteiger partial charge is 0.416 e. The van der Waals surface area contributed by atoms with E-state index < -0.39 is 24.1 Å². The predicted octanol–water partition coefficient (Wildman–Crippen LogP) is 1.80. The number of nitrogens with one attached hydrogen (secondary N) is 2. The number of amides is 3. The molecule has 2 aliphatic heterocycles. The van der Waals surface area contributed by atoms with Crippen LogP contribution in [0.2, 0.25) is 0 Å². The average molecular weight is 451 g/mol. The zero-order valence-electron chi connectivity index (χ0n) is 18.2. The number of hydrogen-bond donors (Lipinski definition) is 3. The Hall–Kier alpha value is -3.08. The van der Waals surface area contributed by atoms with Crippen LogP contribution in [0, 0.1) is 5.82 Å². The van der Waals surface area contributed by atoms with Gasteiger partial charge >= 0.3 is 18.1 Å². The number of benzene rings is 1. The number of carboxylic acid groups (broad SMARTS) is 1. The second-order valence-electron chi connectivity index (χ2n) is 7.82. The molecule has 0 spiro atoms. The molecule has 3 rings (SSSR count). The Morgan fingerprint density at radius 1 is 1.19 bits per heavy atom. The molecule has 2 aliphatic rings. The van der Waals surface area contributed by atoms with Crippen molar-refractivity contribution in [3.05, 3.63) is 24.0 Å². The molecule has 0 aromatic heterocycles. The maximum atomic E-state index is 14.8. The van der Waals surface area contributed by atoms with Crippen LogP contribution in [-0.2, 0) is 9.53 Å². The van der Waals surface area contributed by atoms with Crippen molar-refractivity contribution < 1.29 is 28.6 Å². The first-order chi connectivity index (χ1) is 15.4. The second kappa shape index (κ2) is 11.0. The van der Waals surface area contributed by atoms with E-state index >= 15 is 0 Å². The molecule has 0 bridgehead atoms. The number of rotatable bonds is 9. The standard InChI is InChI=1S/C21H30FN5O5/c1-23-18-14-27(21(31)32-18)15-6-7-17(16(22)13-15)25-9-11-26(12-10-25)20(30)24-8-4-2-3-5-19(28)29/h6-7,13,18,23H,2-5,8-12,14H2,1H3,(H,24,30)(H,28,29). The molecule has 0 saturated carbocycles. The molecule has 10 nitrogen and oxygen atoms in total. The van der Waals surface area contributed by atoms with Crippen molar-refractivity contribution in [2.75, 3.05) is 56.1 Å². The van der Waals surface area contributed by atoms with Gasteiger partial charge in [0.2, 0.25) is 0 Å². The minimum Gasteiger partial charge on any atom is -0.481 e. The Bertz CT molecular complexity index is 831. The SMILES string of the molecule is CNC1CN(c2ccc(N3CCN(C(=O)NCCCCCC(=O)O)CC3)c(F)c2)C(=O)O1. The molecule has 3 N–H and O–H groups in total. The van der Waals surface area contributed by atoms with Gasteiger partial charge in [-0.2, -0.15) is 0 Å². The lowest BCUT2D eigenvalue weighted by Gasteiger charge is -2.36. The zero-order chi connectivity index (χ0) is 23.1. The number of halogens is 1. The van der Waals surface area contributed by atoms with Crippen LogP contribution in [0.25, 0.3) is 0 Å². The van der Waals surface area contributed by atoms with E-state index in [2.05, 4.69) is 10.6 Å². The van der Waals surface area contributed by atoms with Gasteiger partial charge in [-0.15, -0.1) is 0 Å². The fraction of sp³-hybridized carbons (Fsp3) is 0.571. The van der Waals surface area contributed by atoms with Crippen LogP contribution in [0.4, 0.5) is 25.4 Å². The first-order valence-electron chi connectivity index (χ1n) is 10.8. The summed E-state index contributed by atoms with van der Waals surface area (Å²) in [6.07, 6.45) is 1.29. The van der Waals surface area contributed by atoms with Crippen molar-refractivity contribution in [1.82, 2.24) is 15.5 Å². The van der Waals surface area contributed by atoms with Gasteiger partial charge in [0.1, 0.15) is 5.82 Å². The monoisotopic (exact) mass is 451 g/mol. The number of carbonyl (C=O) groups is 3. The number of likely N-dealkylation sites (N-methyl/N-ethyl adjacent to an activating group) is 1. The Kier molecular flexibility index (Phi) is 8.09. The first kappa shape index (κ1) is 23.6. The topological polar surface area (TPSA) is 114 Å². The van der Waals surface area contributed by atoms with E-state index in [-0.39, 0.29) is 12.5 Å². The number of cyclic esters (lactones) is 1. The molecule has 2 saturated heterocycles. The zero-order valence-corrected chi connectivity index (χ0v) is 18.2. The van der Waals surface area contributed by atoms with Crippen molar-refractivity contribution in [2.24, 2.45) is 0 Å². The van der Waals surface area contributed by atoms with E-state index in [1.165, 1.54) is 11.0 Å². The summed E-state index contributed by atoms with van der Waals surface area (Å²) in [5.74, 6) is -1.23. The number of nitrogens with zero attached hydrogens (tertiary/aromatic N) is 3. The van der Waals surface area contributed by atoms with Crippen molar-refractivity contribution in [2.45, 2.75) is 31.9 Å². The third-order valence-electron chi connectivity index (χ3n) is 5.63. The fourth-order valence-electron chi connectivity index (χ4n) is 3.78. The van der Waals surface area contributed by atoms with Crippen LogP contribution >= 0.6 is 0 Å². The van der Waals surface area contributed by atoms with Crippen LogP contribution in [-0.4, -0.2) is 80.6 Å². The summed E-state index contributed by atoms with van der Waals surface area (Å²) < 4.78 is 19.9. The van der Waals surface area contributed by atoms with Crippen LogP contribution in [0.15, 0.2) is 18.2 Å². The average Bonchev–Trinajstić information content (AvgIpc) is 3.16. The van der Waals surface area contributed by atoms with Gasteiger partial charge in [0.25, 0.3) is 0 Å². The molecule has 2 heterocycles. The third-order valence-corrected chi connectivity index (χ3v) is 5.63. The Morgan fingerprint density at radius 3 is 2.56 bits per heavy atom. The molecular weight excluding hydrogens is 421 g/mol. The lowest BCUT2D eigenvalue weighted by molar-refractivity contribution is -0.137. The number of unbranched alkanes of at least 4 members (excludes halogenated alkanes) is 2. The van der Waals surface area contributed by atoms with Crippen molar-refractivity contribution in [3.63, 3.8) is 0 Å². The highest BCUT2D eigenvalue weighted by Gasteiger charge is 2.32. The molecule has 32 heavy (non-hydrogen) atoms. The largest absolute Gasteiger partial charge is 0.481 e. The van der Waals surface area contributed by atoms with Gasteiger partial charge in [-0.05, 0) is 38.1 Å². The number of hydrogen-bond acceptors (Lipinski definition) is 6. The molecule has 1 unspecified atom stereocenters. The van der Waals surface area contributed by atoms with Gasteiger partial charge in [-0.3, -0.25) is 15.0 Å².